The number of hydrogen-bond acceptors (Lipinski definition) is 6. The van der Waals surface area contributed by atoms with E-state index in [0.29, 0.717) is 17.9 Å². The number of methoxy groups -OCH3 is 1. The molecule has 1 atom stereocenters. The van der Waals surface area contributed by atoms with Gasteiger partial charge in [0.25, 0.3) is 0 Å². The molecule has 1 unspecified atom stereocenters. The third-order valence-corrected chi connectivity index (χ3v) is 2.99. The van der Waals surface area contributed by atoms with Crippen molar-refractivity contribution in [3.8, 4) is 23.6 Å². The number of halogens is 1. The Kier molecular flexibility index (Phi) is 6.92. The van der Waals surface area contributed by atoms with Crippen molar-refractivity contribution in [2.24, 2.45) is 0 Å². The number of ether oxygens (including phenoxy) is 3. The molecule has 0 saturated carbocycles. The fourth-order valence-electron chi connectivity index (χ4n) is 1.70. The van der Waals surface area contributed by atoms with Gasteiger partial charge in [0, 0.05) is 0 Å². The summed E-state index contributed by atoms with van der Waals surface area (Å²) in [6.07, 6.45) is 0.508. The summed E-state index contributed by atoms with van der Waals surface area (Å²) in [4.78, 5) is 11.5. The molecule has 0 spiro atoms. The Labute approximate surface area is 139 Å². The van der Waals surface area contributed by atoms with Crippen LogP contribution < -0.4 is 9.47 Å². The van der Waals surface area contributed by atoms with Gasteiger partial charge in [0.05, 0.1) is 18.7 Å². The lowest BCUT2D eigenvalue weighted by molar-refractivity contribution is -0.147. The van der Waals surface area contributed by atoms with Crippen LogP contribution in [0.4, 0.5) is 0 Å². The highest BCUT2D eigenvalue weighted by Gasteiger charge is 2.20. The molecule has 23 heavy (non-hydrogen) atoms. The van der Waals surface area contributed by atoms with Crippen molar-refractivity contribution in [3.05, 3.63) is 28.3 Å². The van der Waals surface area contributed by atoms with E-state index in [2.05, 4.69) is 4.74 Å². The fourth-order valence-corrected chi connectivity index (χ4v) is 1.96. The summed E-state index contributed by atoms with van der Waals surface area (Å²) < 4.78 is 15.6. The lowest BCUT2D eigenvalue weighted by Crippen LogP contribution is -2.25. The van der Waals surface area contributed by atoms with Crippen molar-refractivity contribution >= 4 is 23.6 Å². The zero-order chi connectivity index (χ0) is 17.4. The first-order chi connectivity index (χ1) is 11.0. The monoisotopic (exact) mass is 334 g/mol. The van der Waals surface area contributed by atoms with Gasteiger partial charge >= 0.3 is 5.97 Å². The Balaban J connectivity index is 3.28. The average molecular weight is 335 g/mol. The van der Waals surface area contributed by atoms with E-state index >= 15 is 0 Å². The lowest BCUT2D eigenvalue weighted by atomic mass is 10.1. The minimum absolute atomic E-state index is 0.0693. The van der Waals surface area contributed by atoms with Gasteiger partial charge in [0.1, 0.15) is 17.7 Å². The molecule has 0 amide bonds. The summed E-state index contributed by atoms with van der Waals surface area (Å²) in [6, 6.07) is 6.61. The van der Waals surface area contributed by atoms with E-state index in [1.54, 1.807) is 25.1 Å². The van der Waals surface area contributed by atoms with E-state index in [4.69, 9.17) is 31.6 Å². The summed E-state index contributed by atoms with van der Waals surface area (Å²) in [5.41, 5.74) is 0.440. The van der Waals surface area contributed by atoms with Crippen molar-refractivity contribution in [1.29, 1.82) is 10.5 Å². The largest absolute Gasteiger partial charge is 0.490 e. The van der Waals surface area contributed by atoms with Crippen LogP contribution in [0.5, 0.6) is 11.5 Å². The molecule has 1 rings (SSSR count). The molecule has 0 aliphatic rings. The molecule has 0 saturated heterocycles. The van der Waals surface area contributed by atoms with E-state index in [0.717, 1.165) is 0 Å². The maximum Gasteiger partial charge on any atom is 0.346 e. The summed E-state index contributed by atoms with van der Waals surface area (Å²) in [7, 11) is 1.26. The number of hydrogen-bond donors (Lipinski definition) is 0. The summed E-state index contributed by atoms with van der Waals surface area (Å²) in [5, 5.41) is 17.8. The van der Waals surface area contributed by atoms with Crippen LogP contribution in [-0.2, 0) is 9.53 Å². The van der Waals surface area contributed by atoms with Crippen LogP contribution in [0.2, 0.25) is 5.02 Å². The molecule has 0 N–H and O–H groups in total. The molecule has 0 bridgehead atoms. The molecular weight excluding hydrogens is 320 g/mol. The second kappa shape index (κ2) is 8.67. The minimum atomic E-state index is -0.869. The molecule has 0 heterocycles. The van der Waals surface area contributed by atoms with Gasteiger partial charge in [0.2, 0.25) is 0 Å². The molecule has 7 heteroatoms. The van der Waals surface area contributed by atoms with Crippen molar-refractivity contribution in [1.82, 2.24) is 0 Å². The number of esters is 1. The highest BCUT2D eigenvalue weighted by Crippen LogP contribution is 2.38. The first kappa shape index (κ1) is 18.3. The zero-order valence-corrected chi connectivity index (χ0v) is 13.7. The topological polar surface area (TPSA) is 92.3 Å². The van der Waals surface area contributed by atoms with Crippen LogP contribution in [0, 0.1) is 22.7 Å². The van der Waals surface area contributed by atoms with Gasteiger partial charge in [-0.3, -0.25) is 0 Å². The third-order valence-electron chi connectivity index (χ3n) is 2.71. The van der Waals surface area contributed by atoms with Crippen LogP contribution in [-0.4, -0.2) is 25.8 Å². The van der Waals surface area contributed by atoms with Gasteiger partial charge in [-0.1, -0.05) is 11.6 Å². The number of rotatable bonds is 6. The number of nitrogens with zero attached hydrogens (tertiary/aromatic N) is 2. The molecule has 120 valence electrons. The summed E-state index contributed by atoms with van der Waals surface area (Å²) >= 11 is 6.18. The Morgan fingerprint density at radius 3 is 2.57 bits per heavy atom. The van der Waals surface area contributed by atoms with Crippen molar-refractivity contribution in [2.75, 3.05) is 13.7 Å². The second-order valence-corrected chi connectivity index (χ2v) is 4.74. The van der Waals surface area contributed by atoms with Gasteiger partial charge < -0.3 is 14.2 Å². The SMILES string of the molecule is CCOc1cc(C=C(C#N)C#N)cc(Cl)c1OC(C)C(=O)OC. The van der Waals surface area contributed by atoms with Crippen LogP contribution in [0.15, 0.2) is 17.7 Å². The van der Waals surface area contributed by atoms with Crippen molar-refractivity contribution in [3.63, 3.8) is 0 Å². The molecule has 0 radical (unpaired) electrons. The smallest absolute Gasteiger partial charge is 0.346 e. The Morgan fingerprint density at radius 1 is 1.39 bits per heavy atom. The molecule has 0 fully saturated rings. The minimum Gasteiger partial charge on any atom is -0.490 e. The van der Waals surface area contributed by atoms with Crippen molar-refractivity contribution < 1.29 is 19.0 Å². The number of nitriles is 2. The van der Waals surface area contributed by atoms with E-state index in [1.165, 1.54) is 26.2 Å². The van der Waals surface area contributed by atoms with Gasteiger partial charge in [-0.25, -0.2) is 4.79 Å². The number of benzene rings is 1. The maximum atomic E-state index is 11.5. The maximum absolute atomic E-state index is 11.5. The molecule has 0 aliphatic heterocycles. The van der Waals surface area contributed by atoms with Gasteiger partial charge in [-0.05, 0) is 37.6 Å². The molecule has 0 aliphatic carbocycles. The van der Waals surface area contributed by atoms with Crippen molar-refractivity contribution in [2.45, 2.75) is 20.0 Å². The highest BCUT2D eigenvalue weighted by atomic mass is 35.5. The zero-order valence-electron chi connectivity index (χ0n) is 12.9. The summed E-state index contributed by atoms with van der Waals surface area (Å²) in [6.45, 7) is 3.64. The Bertz CT molecular complexity index is 685. The average Bonchev–Trinajstić information content (AvgIpc) is 2.54. The molecule has 6 nitrogen and oxygen atoms in total. The highest BCUT2D eigenvalue weighted by molar-refractivity contribution is 6.32. The molecule has 1 aromatic rings. The number of allylic oxidation sites excluding steroid dienone is 1. The molecular formula is C16H15ClN2O4. The predicted molar refractivity (Wildman–Crippen MR) is 83.9 cm³/mol. The summed E-state index contributed by atoms with van der Waals surface area (Å²) in [5.74, 6) is -0.0556. The van der Waals surface area contributed by atoms with E-state index in [1.807, 2.05) is 0 Å². The standard InChI is InChI=1S/C16H15ClN2O4/c1-4-22-14-7-11(5-12(8-18)9-19)6-13(17)15(14)23-10(2)16(20)21-3/h5-7,10H,4H2,1-3H3. The van der Waals surface area contributed by atoms with Crippen LogP contribution in [0.1, 0.15) is 19.4 Å². The normalized spacial score (nSPS) is 10.7. The van der Waals surface area contributed by atoms with E-state index in [9.17, 15) is 4.79 Å². The Hall–Kier alpha value is -2.70. The first-order valence-electron chi connectivity index (χ1n) is 6.69. The van der Waals surface area contributed by atoms with Crippen LogP contribution >= 0.6 is 11.6 Å². The van der Waals surface area contributed by atoms with Crippen LogP contribution in [0.3, 0.4) is 0 Å². The molecule has 0 aromatic heterocycles. The first-order valence-corrected chi connectivity index (χ1v) is 7.07. The predicted octanol–water partition coefficient (Wildman–Crippen LogP) is 3.11. The van der Waals surface area contributed by atoms with E-state index < -0.39 is 12.1 Å². The van der Waals surface area contributed by atoms with Gasteiger partial charge in [0.15, 0.2) is 17.6 Å². The fraction of sp³-hybridized carbons (Fsp3) is 0.312. The van der Waals surface area contributed by atoms with Gasteiger partial charge in [-0.2, -0.15) is 10.5 Å². The van der Waals surface area contributed by atoms with E-state index in [-0.39, 0.29) is 16.3 Å². The molecule has 1 aromatic carbocycles. The lowest BCUT2D eigenvalue weighted by Gasteiger charge is -2.17. The number of carbonyl (C=O) groups is 1. The number of carbonyl (C=O) groups excluding carboxylic acids is 1. The second-order valence-electron chi connectivity index (χ2n) is 4.33. The third kappa shape index (κ3) is 4.91. The van der Waals surface area contributed by atoms with Gasteiger partial charge in [-0.15, -0.1) is 0 Å². The quantitative estimate of drug-likeness (QED) is 0.586. The van der Waals surface area contributed by atoms with Crippen LogP contribution in [0.25, 0.3) is 6.08 Å². The Morgan fingerprint density at radius 2 is 2.04 bits per heavy atom.